The summed E-state index contributed by atoms with van der Waals surface area (Å²) in [5, 5.41) is 6.50. The summed E-state index contributed by atoms with van der Waals surface area (Å²) in [5.41, 5.74) is 3.16. The number of thiophene rings is 1. The van der Waals surface area contributed by atoms with Gasteiger partial charge in [-0.25, -0.2) is 0 Å². The average molecular weight is 490 g/mol. The van der Waals surface area contributed by atoms with E-state index in [0.717, 1.165) is 41.7 Å². The van der Waals surface area contributed by atoms with Gasteiger partial charge in [-0.1, -0.05) is 42.5 Å². The summed E-state index contributed by atoms with van der Waals surface area (Å²) in [6.07, 6.45) is 3.14. The second kappa shape index (κ2) is 9.92. The first-order valence-corrected chi connectivity index (χ1v) is 12.7. The number of rotatable bonds is 6. The predicted octanol–water partition coefficient (Wildman–Crippen LogP) is 4.31. The lowest BCUT2D eigenvalue weighted by Crippen LogP contribution is -2.47. The Morgan fingerprint density at radius 3 is 2.63 bits per heavy atom. The number of nitrogens with zero attached hydrogens (tertiary/aromatic N) is 1. The van der Waals surface area contributed by atoms with Gasteiger partial charge in [-0.3, -0.25) is 19.3 Å². The first-order valence-electron chi connectivity index (χ1n) is 11.8. The van der Waals surface area contributed by atoms with Crippen molar-refractivity contribution in [1.82, 2.24) is 5.32 Å². The molecule has 180 valence electrons. The number of para-hydroxylation sites is 2. The van der Waals surface area contributed by atoms with Crippen LogP contribution in [-0.4, -0.2) is 30.4 Å². The maximum absolute atomic E-state index is 13.3. The van der Waals surface area contributed by atoms with Crippen LogP contribution in [0.25, 0.3) is 0 Å². The summed E-state index contributed by atoms with van der Waals surface area (Å²) in [4.78, 5) is 41.8. The standard InChI is InChI=1S/C27H27N3O4S/c1-17-27(33)30(20-12-6-7-13-21(20)34-17)16-23(31)29-26-24(19-11-5-8-14-22(19)35-26)25(32)28-15-18-9-3-2-4-10-18/h2-4,6-7,9-10,12-13,17H,5,8,11,14-16H2,1H3,(H,28,32)(H,29,31). The van der Waals surface area contributed by atoms with Crippen LogP contribution in [0.15, 0.2) is 54.6 Å². The van der Waals surface area contributed by atoms with Crippen LogP contribution in [0.4, 0.5) is 10.7 Å². The van der Waals surface area contributed by atoms with Crippen LogP contribution in [-0.2, 0) is 29.0 Å². The van der Waals surface area contributed by atoms with Crippen molar-refractivity contribution in [3.63, 3.8) is 0 Å². The molecule has 1 aliphatic carbocycles. The molecule has 0 radical (unpaired) electrons. The van der Waals surface area contributed by atoms with Gasteiger partial charge in [0.25, 0.3) is 11.8 Å². The molecule has 1 atom stereocenters. The number of hydrogen-bond acceptors (Lipinski definition) is 5. The second-order valence-corrected chi connectivity index (χ2v) is 9.89. The summed E-state index contributed by atoms with van der Waals surface area (Å²) in [7, 11) is 0. The molecule has 0 fully saturated rings. The van der Waals surface area contributed by atoms with Crippen LogP contribution in [0.2, 0.25) is 0 Å². The Kier molecular flexibility index (Phi) is 6.55. The summed E-state index contributed by atoms with van der Waals surface area (Å²) < 4.78 is 5.67. The topological polar surface area (TPSA) is 87.7 Å². The van der Waals surface area contributed by atoms with E-state index in [4.69, 9.17) is 4.74 Å². The molecule has 2 aromatic carbocycles. The van der Waals surface area contributed by atoms with Crippen molar-refractivity contribution >= 4 is 39.7 Å². The summed E-state index contributed by atoms with van der Waals surface area (Å²) in [5.74, 6) is -0.243. The zero-order chi connectivity index (χ0) is 24.4. The summed E-state index contributed by atoms with van der Waals surface area (Å²) in [6.45, 7) is 1.93. The minimum atomic E-state index is -0.675. The van der Waals surface area contributed by atoms with Gasteiger partial charge in [0, 0.05) is 11.4 Å². The number of anilines is 2. The van der Waals surface area contributed by atoms with Gasteiger partial charge in [0.1, 0.15) is 17.3 Å². The minimum Gasteiger partial charge on any atom is -0.479 e. The Labute approximate surface area is 208 Å². The molecule has 2 heterocycles. The molecule has 0 saturated carbocycles. The van der Waals surface area contributed by atoms with Crippen molar-refractivity contribution in [2.24, 2.45) is 0 Å². The van der Waals surface area contributed by atoms with Crippen LogP contribution in [0.3, 0.4) is 0 Å². The predicted molar refractivity (Wildman–Crippen MR) is 136 cm³/mol. The molecule has 3 aromatic rings. The Morgan fingerprint density at radius 1 is 1.06 bits per heavy atom. The van der Waals surface area contributed by atoms with Gasteiger partial charge in [0.05, 0.1) is 11.3 Å². The molecule has 0 spiro atoms. The second-order valence-electron chi connectivity index (χ2n) is 8.78. The maximum atomic E-state index is 13.3. The molecule has 7 nitrogen and oxygen atoms in total. The van der Waals surface area contributed by atoms with Crippen LogP contribution in [0.1, 0.15) is 46.1 Å². The molecule has 1 unspecified atom stereocenters. The molecular formula is C27H27N3O4S. The molecule has 0 bridgehead atoms. The maximum Gasteiger partial charge on any atom is 0.268 e. The monoisotopic (exact) mass is 489 g/mol. The molecule has 8 heteroatoms. The molecule has 3 amide bonds. The van der Waals surface area contributed by atoms with E-state index in [9.17, 15) is 14.4 Å². The summed E-state index contributed by atoms with van der Waals surface area (Å²) >= 11 is 1.47. The number of carbonyl (C=O) groups excluding carboxylic acids is 3. The van der Waals surface area contributed by atoms with Gasteiger partial charge >= 0.3 is 0 Å². The smallest absolute Gasteiger partial charge is 0.268 e. The third-order valence-electron chi connectivity index (χ3n) is 6.32. The third kappa shape index (κ3) is 4.79. The van der Waals surface area contributed by atoms with E-state index in [0.29, 0.717) is 28.5 Å². The van der Waals surface area contributed by atoms with E-state index in [1.807, 2.05) is 36.4 Å². The Bertz CT molecular complexity index is 1270. The van der Waals surface area contributed by atoms with Gasteiger partial charge in [-0.05, 0) is 55.9 Å². The molecule has 0 saturated heterocycles. The lowest BCUT2D eigenvalue weighted by Gasteiger charge is -2.32. The Balaban J connectivity index is 1.36. The van der Waals surface area contributed by atoms with Crippen LogP contribution >= 0.6 is 11.3 Å². The first kappa shape index (κ1) is 23.1. The van der Waals surface area contributed by atoms with E-state index >= 15 is 0 Å². The highest BCUT2D eigenvalue weighted by atomic mass is 32.1. The number of ether oxygens (including phenoxy) is 1. The zero-order valence-electron chi connectivity index (χ0n) is 19.5. The molecule has 2 aliphatic rings. The number of benzene rings is 2. The molecule has 2 N–H and O–H groups in total. The van der Waals surface area contributed by atoms with Crippen LogP contribution in [0, 0.1) is 0 Å². The highest BCUT2D eigenvalue weighted by molar-refractivity contribution is 7.17. The third-order valence-corrected chi connectivity index (χ3v) is 7.53. The van der Waals surface area contributed by atoms with Gasteiger partial charge in [-0.2, -0.15) is 0 Å². The van der Waals surface area contributed by atoms with Gasteiger partial charge in [-0.15, -0.1) is 11.3 Å². The van der Waals surface area contributed by atoms with E-state index < -0.39 is 6.10 Å². The fourth-order valence-electron chi connectivity index (χ4n) is 4.59. The van der Waals surface area contributed by atoms with Crippen LogP contribution in [0.5, 0.6) is 5.75 Å². The zero-order valence-corrected chi connectivity index (χ0v) is 20.3. The van der Waals surface area contributed by atoms with Crippen molar-refractivity contribution < 1.29 is 19.1 Å². The molecule has 35 heavy (non-hydrogen) atoms. The van der Waals surface area contributed by atoms with Crippen molar-refractivity contribution in [2.75, 3.05) is 16.8 Å². The van der Waals surface area contributed by atoms with Gasteiger partial charge in [0.2, 0.25) is 5.91 Å². The number of amides is 3. The summed E-state index contributed by atoms with van der Waals surface area (Å²) in [6, 6.07) is 16.9. The number of fused-ring (bicyclic) bond motifs is 2. The Morgan fingerprint density at radius 2 is 1.80 bits per heavy atom. The number of hydrogen-bond donors (Lipinski definition) is 2. The quantitative estimate of drug-likeness (QED) is 0.540. The average Bonchev–Trinajstić information content (AvgIpc) is 3.23. The van der Waals surface area contributed by atoms with Gasteiger partial charge in [0.15, 0.2) is 6.10 Å². The number of aryl methyl sites for hydroxylation is 1. The van der Waals surface area contributed by atoms with Crippen molar-refractivity contribution in [1.29, 1.82) is 0 Å². The van der Waals surface area contributed by atoms with E-state index in [2.05, 4.69) is 10.6 Å². The van der Waals surface area contributed by atoms with E-state index in [-0.39, 0.29) is 24.3 Å². The van der Waals surface area contributed by atoms with Gasteiger partial charge < -0.3 is 15.4 Å². The van der Waals surface area contributed by atoms with E-state index in [1.54, 1.807) is 25.1 Å². The fourth-order valence-corrected chi connectivity index (χ4v) is 5.90. The minimum absolute atomic E-state index is 0.156. The first-order chi connectivity index (χ1) is 17.0. The van der Waals surface area contributed by atoms with Crippen molar-refractivity contribution in [2.45, 2.75) is 45.3 Å². The highest BCUT2D eigenvalue weighted by Crippen LogP contribution is 2.38. The normalized spacial score (nSPS) is 16.7. The van der Waals surface area contributed by atoms with Crippen molar-refractivity contribution in [3.8, 4) is 5.75 Å². The molecule has 1 aliphatic heterocycles. The number of nitrogens with one attached hydrogen (secondary N) is 2. The molecular weight excluding hydrogens is 462 g/mol. The fraction of sp³-hybridized carbons (Fsp3) is 0.296. The highest BCUT2D eigenvalue weighted by Gasteiger charge is 2.33. The van der Waals surface area contributed by atoms with E-state index in [1.165, 1.54) is 16.2 Å². The number of carbonyl (C=O) groups is 3. The largest absolute Gasteiger partial charge is 0.479 e. The molecule has 1 aromatic heterocycles. The van der Waals surface area contributed by atoms with Crippen LogP contribution < -0.4 is 20.3 Å². The Hall–Kier alpha value is -3.65. The lowest BCUT2D eigenvalue weighted by molar-refractivity contribution is -0.127. The SMILES string of the molecule is CC1Oc2ccccc2N(CC(=O)Nc2sc3c(c2C(=O)NCc2ccccc2)CCCC3)C1=O. The lowest BCUT2D eigenvalue weighted by atomic mass is 9.95. The van der Waals surface area contributed by atoms with Crippen molar-refractivity contribution in [3.05, 3.63) is 76.2 Å². The molecule has 5 rings (SSSR count).